The Kier molecular flexibility index (Phi) is 8.26. The number of hydrogen-bond donors (Lipinski definition) is 1. The second kappa shape index (κ2) is 10.7. The van der Waals surface area contributed by atoms with Gasteiger partial charge in [-0.2, -0.15) is 0 Å². The highest BCUT2D eigenvalue weighted by atomic mass is 16.7. The number of pyridine rings is 1. The number of unbranched alkanes of at least 4 members (excludes halogenated alkanes) is 1. The summed E-state index contributed by atoms with van der Waals surface area (Å²) < 4.78 is 10.2. The Morgan fingerprint density at radius 1 is 1.00 bits per heavy atom. The van der Waals surface area contributed by atoms with Gasteiger partial charge in [0, 0.05) is 29.9 Å². The SMILES string of the molecule is CC(C)N(CCCCOC(=O)Oc1ccc(-c2ccc(O)cc2)cn1)C(C)C. The molecule has 152 valence electrons. The molecular formula is C22H30N2O4. The van der Waals surface area contributed by atoms with Crippen LogP contribution in [0.2, 0.25) is 0 Å². The van der Waals surface area contributed by atoms with Crippen molar-refractivity contribution < 1.29 is 19.4 Å². The molecule has 1 aromatic carbocycles. The van der Waals surface area contributed by atoms with E-state index in [0.717, 1.165) is 30.5 Å². The third-order valence-corrected chi connectivity index (χ3v) is 4.48. The molecule has 0 saturated carbocycles. The molecule has 2 rings (SSSR count). The van der Waals surface area contributed by atoms with Crippen LogP contribution in [0, 0.1) is 0 Å². The van der Waals surface area contributed by atoms with Crippen molar-refractivity contribution >= 4 is 6.16 Å². The second-order valence-electron chi connectivity index (χ2n) is 7.26. The van der Waals surface area contributed by atoms with Crippen molar-refractivity contribution in [3.63, 3.8) is 0 Å². The van der Waals surface area contributed by atoms with Gasteiger partial charge < -0.3 is 14.6 Å². The Labute approximate surface area is 167 Å². The van der Waals surface area contributed by atoms with Crippen LogP contribution in [-0.4, -0.2) is 46.4 Å². The number of benzene rings is 1. The highest BCUT2D eigenvalue weighted by Crippen LogP contribution is 2.22. The van der Waals surface area contributed by atoms with Gasteiger partial charge in [0.1, 0.15) is 5.75 Å². The van der Waals surface area contributed by atoms with E-state index in [0.29, 0.717) is 18.7 Å². The zero-order chi connectivity index (χ0) is 20.5. The first-order valence-corrected chi connectivity index (χ1v) is 9.72. The molecule has 0 amide bonds. The summed E-state index contributed by atoms with van der Waals surface area (Å²) in [7, 11) is 0. The molecule has 1 heterocycles. The molecule has 6 heteroatoms. The van der Waals surface area contributed by atoms with Gasteiger partial charge in [-0.3, -0.25) is 4.90 Å². The number of aromatic hydroxyl groups is 1. The van der Waals surface area contributed by atoms with Crippen molar-refractivity contribution in [1.82, 2.24) is 9.88 Å². The Hall–Kier alpha value is -2.60. The summed E-state index contributed by atoms with van der Waals surface area (Å²) in [6.45, 7) is 10.1. The molecular weight excluding hydrogens is 356 g/mol. The molecule has 0 fully saturated rings. The fourth-order valence-electron chi connectivity index (χ4n) is 3.04. The largest absolute Gasteiger partial charge is 0.515 e. The molecule has 1 aromatic heterocycles. The van der Waals surface area contributed by atoms with E-state index in [1.54, 1.807) is 42.6 Å². The van der Waals surface area contributed by atoms with E-state index in [2.05, 4.69) is 37.6 Å². The number of aromatic nitrogens is 1. The molecule has 2 aromatic rings. The number of phenols is 1. The zero-order valence-electron chi connectivity index (χ0n) is 17.1. The molecule has 0 aliphatic heterocycles. The van der Waals surface area contributed by atoms with Gasteiger partial charge in [-0.15, -0.1) is 0 Å². The van der Waals surface area contributed by atoms with Crippen LogP contribution in [0.15, 0.2) is 42.6 Å². The molecule has 0 aliphatic carbocycles. The summed E-state index contributed by atoms with van der Waals surface area (Å²) in [5.41, 5.74) is 1.77. The lowest BCUT2D eigenvalue weighted by molar-refractivity contribution is 0.0931. The second-order valence-corrected chi connectivity index (χ2v) is 7.26. The number of rotatable bonds is 9. The number of hydrogen-bond acceptors (Lipinski definition) is 6. The van der Waals surface area contributed by atoms with Crippen LogP contribution in [0.4, 0.5) is 4.79 Å². The van der Waals surface area contributed by atoms with Gasteiger partial charge >= 0.3 is 6.16 Å². The van der Waals surface area contributed by atoms with Crippen molar-refractivity contribution in [1.29, 1.82) is 0 Å². The normalized spacial score (nSPS) is 11.2. The molecule has 0 atom stereocenters. The summed E-state index contributed by atoms with van der Waals surface area (Å²) in [6.07, 6.45) is 2.62. The number of carbonyl (C=O) groups excluding carboxylic acids is 1. The van der Waals surface area contributed by atoms with Crippen LogP contribution in [0.5, 0.6) is 11.6 Å². The molecule has 0 saturated heterocycles. The van der Waals surface area contributed by atoms with Gasteiger partial charge in [0.05, 0.1) is 6.61 Å². The first kappa shape index (κ1) is 21.7. The van der Waals surface area contributed by atoms with E-state index in [-0.39, 0.29) is 11.6 Å². The van der Waals surface area contributed by atoms with Crippen molar-refractivity contribution in [2.75, 3.05) is 13.2 Å². The minimum atomic E-state index is -0.741. The molecule has 0 bridgehead atoms. The molecule has 1 N–H and O–H groups in total. The summed E-state index contributed by atoms with van der Waals surface area (Å²) in [4.78, 5) is 18.3. The van der Waals surface area contributed by atoms with Crippen molar-refractivity contribution in [3.8, 4) is 22.8 Å². The van der Waals surface area contributed by atoms with E-state index in [4.69, 9.17) is 9.47 Å². The van der Waals surface area contributed by atoms with E-state index < -0.39 is 6.16 Å². The van der Waals surface area contributed by atoms with Crippen molar-refractivity contribution in [2.24, 2.45) is 0 Å². The van der Waals surface area contributed by atoms with E-state index in [9.17, 15) is 9.90 Å². The van der Waals surface area contributed by atoms with Crippen LogP contribution in [0.3, 0.4) is 0 Å². The van der Waals surface area contributed by atoms with Crippen LogP contribution in [-0.2, 0) is 4.74 Å². The summed E-state index contributed by atoms with van der Waals surface area (Å²) >= 11 is 0. The molecule has 28 heavy (non-hydrogen) atoms. The van der Waals surface area contributed by atoms with Gasteiger partial charge in [0.2, 0.25) is 5.88 Å². The number of nitrogens with zero attached hydrogens (tertiary/aromatic N) is 2. The third kappa shape index (κ3) is 6.85. The maximum atomic E-state index is 11.8. The summed E-state index contributed by atoms with van der Waals surface area (Å²) in [6, 6.07) is 11.2. The highest BCUT2D eigenvalue weighted by Gasteiger charge is 2.13. The lowest BCUT2D eigenvalue weighted by Gasteiger charge is -2.30. The van der Waals surface area contributed by atoms with Gasteiger partial charge in [-0.05, 0) is 70.8 Å². The Balaban J connectivity index is 1.72. The van der Waals surface area contributed by atoms with Crippen LogP contribution in [0.25, 0.3) is 11.1 Å². The van der Waals surface area contributed by atoms with E-state index in [1.807, 2.05) is 0 Å². The molecule has 6 nitrogen and oxygen atoms in total. The standard InChI is InChI=1S/C22H30N2O4/c1-16(2)24(17(3)4)13-5-6-14-27-22(26)28-21-12-9-19(15-23-21)18-7-10-20(25)11-8-18/h7-12,15-17,25H,5-6,13-14H2,1-4H3. The van der Waals surface area contributed by atoms with Crippen molar-refractivity contribution in [3.05, 3.63) is 42.6 Å². The first-order chi connectivity index (χ1) is 13.4. The first-order valence-electron chi connectivity index (χ1n) is 9.72. The zero-order valence-corrected chi connectivity index (χ0v) is 17.1. The van der Waals surface area contributed by atoms with E-state index >= 15 is 0 Å². The van der Waals surface area contributed by atoms with Crippen LogP contribution >= 0.6 is 0 Å². The third-order valence-electron chi connectivity index (χ3n) is 4.48. The number of phenolic OH excluding ortho intramolecular Hbond substituents is 1. The maximum absolute atomic E-state index is 11.8. The van der Waals surface area contributed by atoms with Gasteiger partial charge in [0.15, 0.2) is 0 Å². The fourth-order valence-corrected chi connectivity index (χ4v) is 3.04. The minimum absolute atomic E-state index is 0.193. The molecule has 0 unspecified atom stereocenters. The predicted molar refractivity (Wildman–Crippen MR) is 110 cm³/mol. The maximum Gasteiger partial charge on any atom is 0.515 e. The molecule has 0 aliphatic rings. The van der Waals surface area contributed by atoms with Gasteiger partial charge in [-0.25, -0.2) is 9.78 Å². The van der Waals surface area contributed by atoms with Gasteiger partial charge in [0.25, 0.3) is 0 Å². The molecule has 0 radical (unpaired) electrons. The lowest BCUT2D eigenvalue weighted by Crippen LogP contribution is -2.37. The minimum Gasteiger partial charge on any atom is -0.508 e. The fraction of sp³-hybridized carbons (Fsp3) is 0.455. The Morgan fingerprint density at radius 2 is 1.64 bits per heavy atom. The van der Waals surface area contributed by atoms with Crippen LogP contribution < -0.4 is 4.74 Å². The monoisotopic (exact) mass is 386 g/mol. The smallest absolute Gasteiger partial charge is 0.508 e. The average Bonchev–Trinajstić information content (AvgIpc) is 2.65. The quantitative estimate of drug-likeness (QED) is 0.490. The van der Waals surface area contributed by atoms with E-state index in [1.165, 1.54) is 0 Å². The molecule has 0 spiro atoms. The lowest BCUT2D eigenvalue weighted by atomic mass is 10.1. The summed E-state index contributed by atoms with van der Waals surface area (Å²) in [5, 5.41) is 9.34. The Bertz CT molecular complexity index is 719. The number of ether oxygens (including phenoxy) is 2. The Morgan fingerprint density at radius 3 is 2.21 bits per heavy atom. The number of carbonyl (C=O) groups is 1. The van der Waals surface area contributed by atoms with Crippen LogP contribution in [0.1, 0.15) is 40.5 Å². The average molecular weight is 386 g/mol. The highest BCUT2D eigenvalue weighted by molar-refractivity contribution is 5.65. The predicted octanol–water partition coefficient (Wildman–Crippen LogP) is 4.87. The topological polar surface area (TPSA) is 71.9 Å². The van der Waals surface area contributed by atoms with Gasteiger partial charge in [-0.1, -0.05) is 12.1 Å². The van der Waals surface area contributed by atoms with Crippen molar-refractivity contribution in [2.45, 2.75) is 52.6 Å². The summed E-state index contributed by atoms with van der Waals surface area (Å²) in [5.74, 6) is 0.402.